The Morgan fingerprint density at radius 2 is 1.60 bits per heavy atom. The molecule has 4 rings (SSSR count). The fraction of sp³-hybridized carbons (Fsp3) is 0.316. The van der Waals surface area contributed by atoms with Gasteiger partial charge in [-0.2, -0.15) is 0 Å². The average Bonchev–Trinajstić information content (AvgIpc) is 2.64. The van der Waals surface area contributed by atoms with Crippen LogP contribution in [0.15, 0.2) is 48.5 Å². The highest BCUT2D eigenvalue weighted by Gasteiger charge is 2.34. The summed E-state index contributed by atoms with van der Waals surface area (Å²) in [4.78, 5) is 12.5. The molecule has 0 aliphatic heterocycles. The quantitative estimate of drug-likeness (QED) is 0.696. The number of aryl methyl sites for hydroxylation is 1. The summed E-state index contributed by atoms with van der Waals surface area (Å²) in [7, 11) is 0. The highest BCUT2D eigenvalue weighted by Crippen LogP contribution is 2.43. The molecule has 2 unspecified atom stereocenters. The molecule has 0 fully saturated rings. The standard InChI is InChI=1S/C19H18O/c20-19-12-15-10-9-13-5-1-3-7-16(13)18(15)11-14-6-2-4-8-17(14)19/h1-8,15,18H,9-12H2. The molecular weight excluding hydrogens is 244 g/mol. The predicted molar refractivity (Wildman–Crippen MR) is 80.1 cm³/mol. The highest BCUT2D eigenvalue weighted by molar-refractivity contribution is 5.98. The van der Waals surface area contributed by atoms with Gasteiger partial charge in [0.15, 0.2) is 5.78 Å². The van der Waals surface area contributed by atoms with Crippen LogP contribution in [0, 0.1) is 5.92 Å². The van der Waals surface area contributed by atoms with Crippen molar-refractivity contribution in [2.45, 2.75) is 31.6 Å². The van der Waals surface area contributed by atoms with Crippen molar-refractivity contribution in [3.8, 4) is 0 Å². The van der Waals surface area contributed by atoms with E-state index in [9.17, 15) is 4.79 Å². The molecule has 0 aromatic heterocycles. The summed E-state index contributed by atoms with van der Waals surface area (Å²) in [6.07, 6.45) is 4.02. The highest BCUT2D eigenvalue weighted by atomic mass is 16.1. The second-order valence-corrected chi connectivity index (χ2v) is 6.09. The minimum Gasteiger partial charge on any atom is -0.294 e. The maximum absolute atomic E-state index is 12.5. The van der Waals surface area contributed by atoms with Crippen molar-refractivity contribution < 1.29 is 4.79 Å². The maximum Gasteiger partial charge on any atom is 0.163 e. The molecular formula is C19H18O. The molecule has 2 aliphatic carbocycles. The molecule has 0 radical (unpaired) electrons. The molecule has 1 heteroatoms. The fourth-order valence-corrected chi connectivity index (χ4v) is 4.00. The van der Waals surface area contributed by atoms with Crippen LogP contribution in [0.3, 0.4) is 0 Å². The summed E-state index contributed by atoms with van der Waals surface area (Å²) in [5.41, 5.74) is 5.16. The van der Waals surface area contributed by atoms with E-state index in [1.807, 2.05) is 12.1 Å². The van der Waals surface area contributed by atoms with E-state index in [1.54, 1.807) is 0 Å². The number of fused-ring (bicyclic) bond motifs is 4. The van der Waals surface area contributed by atoms with E-state index in [0.29, 0.717) is 17.6 Å². The topological polar surface area (TPSA) is 17.1 Å². The van der Waals surface area contributed by atoms with Crippen molar-refractivity contribution in [3.05, 3.63) is 70.8 Å². The van der Waals surface area contributed by atoms with E-state index in [2.05, 4.69) is 36.4 Å². The lowest BCUT2D eigenvalue weighted by Crippen LogP contribution is -2.22. The number of carbonyl (C=O) groups excluding carboxylic acids is 1. The average molecular weight is 262 g/mol. The number of Topliss-reactive ketones (excluding diaryl/α,β-unsaturated/α-hetero) is 1. The van der Waals surface area contributed by atoms with Gasteiger partial charge in [0, 0.05) is 12.0 Å². The zero-order valence-electron chi connectivity index (χ0n) is 11.5. The normalized spacial score (nSPS) is 24.3. The molecule has 1 nitrogen and oxygen atoms in total. The molecule has 0 spiro atoms. The second kappa shape index (κ2) is 4.59. The van der Waals surface area contributed by atoms with Crippen molar-refractivity contribution in [1.29, 1.82) is 0 Å². The van der Waals surface area contributed by atoms with E-state index in [-0.39, 0.29) is 0 Å². The van der Waals surface area contributed by atoms with Gasteiger partial charge in [-0.1, -0.05) is 48.5 Å². The van der Waals surface area contributed by atoms with Crippen LogP contribution in [-0.4, -0.2) is 5.78 Å². The molecule has 100 valence electrons. The monoisotopic (exact) mass is 262 g/mol. The molecule has 2 aliphatic rings. The lowest BCUT2D eigenvalue weighted by molar-refractivity contribution is 0.0955. The Hall–Kier alpha value is -1.89. The third-order valence-electron chi connectivity index (χ3n) is 5.01. The lowest BCUT2D eigenvalue weighted by atomic mass is 9.72. The Kier molecular flexibility index (Phi) is 2.73. The minimum absolute atomic E-state index is 0.340. The first-order chi connectivity index (χ1) is 9.83. The van der Waals surface area contributed by atoms with Gasteiger partial charge >= 0.3 is 0 Å². The maximum atomic E-state index is 12.5. The molecule has 0 saturated carbocycles. The summed E-state index contributed by atoms with van der Waals surface area (Å²) >= 11 is 0. The summed E-state index contributed by atoms with van der Waals surface area (Å²) in [6, 6.07) is 17.0. The van der Waals surface area contributed by atoms with Crippen LogP contribution in [0.5, 0.6) is 0 Å². The van der Waals surface area contributed by atoms with Gasteiger partial charge in [0.2, 0.25) is 0 Å². The SMILES string of the molecule is O=C1CC2CCc3ccccc3C2Cc2ccccc21. The number of hydrogen-bond acceptors (Lipinski definition) is 1. The first-order valence-corrected chi connectivity index (χ1v) is 7.52. The molecule has 0 saturated heterocycles. The van der Waals surface area contributed by atoms with Crippen LogP contribution in [0.2, 0.25) is 0 Å². The van der Waals surface area contributed by atoms with Gasteiger partial charge in [-0.15, -0.1) is 0 Å². The second-order valence-electron chi connectivity index (χ2n) is 6.09. The Bertz CT molecular complexity index is 671. The first kappa shape index (κ1) is 11.9. The molecule has 0 N–H and O–H groups in total. The van der Waals surface area contributed by atoms with E-state index in [0.717, 1.165) is 31.2 Å². The smallest absolute Gasteiger partial charge is 0.163 e. The van der Waals surface area contributed by atoms with Gasteiger partial charge in [-0.25, -0.2) is 0 Å². The lowest BCUT2D eigenvalue weighted by Gasteiger charge is -2.32. The Labute approximate surface area is 119 Å². The Morgan fingerprint density at radius 3 is 2.50 bits per heavy atom. The number of benzene rings is 2. The van der Waals surface area contributed by atoms with Crippen LogP contribution in [0.1, 0.15) is 45.8 Å². The number of hydrogen-bond donors (Lipinski definition) is 0. The Balaban J connectivity index is 1.82. The number of carbonyl (C=O) groups is 1. The van der Waals surface area contributed by atoms with E-state index in [1.165, 1.54) is 16.7 Å². The summed E-state index contributed by atoms with van der Waals surface area (Å²) in [5.74, 6) is 1.38. The van der Waals surface area contributed by atoms with Crippen molar-refractivity contribution in [1.82, 2.24) is 0 Å². The molecule has 2 atom stereocenters. The molecule has 2 aromatic carbocycles. The zero-order valence-corrected chi connectivity index (χ0v) is 11.5. The molecule has 0 heterocycles. The van der Waals surface area contributed by atoms with Crippen LogP contribution >= 0.6 is 0 Å². The summed E-state index contributed by atoms with van der Waals surface area (Å²) in [5, 5.41) is 0. The largest absolute Gasteiger partial charge is 0.294 e. The van der Waals surface area contributed by atoms with Crippen molar-refractivity contribution in [2.24, 2.45) is 5.92 Å². The zero-order chi connectivity index (χ0) is 13.5. The van der Waals surface area contributed by atoms with Crippen molar-refractivity contribution >= 4 is 5.78 Å². The summed E-state index contributed by atoms with van der Waals surface area (Å²) < 4.78 is 0. The van der Waals surface area contributed by atoms with Gasteiger partial charge in [-0.05, 0) is 47.8 Å². The van der Waals surface area contributed by atoms with E-state index in [4.69, 9.17) is 0 Å². The number of ketones is 1. The molecule has 0 bridgehead atoms. The molecule has 0 amide bonds. The van der Waals surface area contributed by atoms with Gasteiger partial charge in [0.05, 0.1) is 0 Å². The van der Waals surface area contributed by atoms with Gasteiger partial charge in [0.25, 0.3) is 0 Å². The van der Waals surface area contributed by atoms with Crippen molar-refractivity contribution in [3.63, 3.8) is 0 Å². The third-order valence-corrected chi connectivity index (χ3v) is 5.01. The molecule has 2 aromatic rings. The number of rotatable bonds is 0. The van der Waals surface area contributed by atoms with Gasteiger partial charge < -0.3 is 0 Å². The van der Waals surface area contributed by atoms with E-state index >= 15 is 0 Å². The van der Waals surface area contributed by atoms with Gasteiger partial charge in [-0.3, -0.25) is 4.79 Å². The minimum atomic E-state index is 0.340. The first-order valence-electron chi connectivity index (χ1n) is 7.52. The van der Waals surface area contributed by atoms with Gasteiger partial charge in [0.1, 0.15) is 0 Å². The summed E-state index contributed by atoms with van der Waals surface area (Å²) in [6.45, 7) is 0. The van der Waals surface area contributed by atoms with Crippen LogP contribution in [0.25, 0.3) is 0 Å². The van der Waals surface area contributed by atoms with E-state index < -0.39 is 0 Å². The fourth-order valence-electron chi connectivity index (χ4n) is 4.00. The van der Waals surface area contributed by atoms with Crippen LogP contribution < -0.4 is 0 Å². The Morgan fingerprint density at radius 1 is 0.850 bits per heavy atom. The van der Waals surface area contributed by atoms with Crippen LogP contribution in [-0.2, 0) is 12.8 Å². The van der Waals surface area contributed by atoms with Crippen molar-refractivity contribution in [2.75, 3.05) is 0 Å². The van der Waals surface area contributed by atoms with Crippen LogP contribution in [0.4, 0.5) is 0 Å². The third kappa shape index (κ3) is 1.81. The molecule has 20 heavy (non-hydrogen) atoms. The predicted octanol–water partition coefficient (Wildman–Crippen LogP) is 4.16.